The standard InChI is InChI=1S/C15H8ClFN2O3.K/c16-8-4-6-9(7-5-8)19-11-3-1-2-10(17)12(11)14(20)13(18-19)15(21)22;/h1-7H,(H,21,22);/q;+1/p-1. The second-order valence-corrected chi connectivity index (χ2v) is 4.92. The van der Waals surface area contributed by atoms with Crippen LogP contribution in [0.1, 0.15) is 10.5 Å². The van der Waals surface area contributed by atoms with Crippen molar-refractivity contribution in [1.82, 2.24) is 9.78 Å². The van der Waals surface area contributed by atoms with Crippen molar-refractivity contribution in [3.8, 4) is 5.69 Å². The number of fused-ring (bicyclic) bond motifs is 1. The number of carbonyl (C=O) groups excluding carboxylic acids is 1. The smallest absolute Gasteiger partial charge is 0.543 e. The number of carbonyl (C=O) groups is 1. The minimum atomic E-state index is -1.77. The summed E-state index contributed by atoms with van der Waals surface area (Å²) in [5.74, 6) is -2.59. The molecule has 0 saturated carbocycles. The van der Waals surface area contributed by atoms with Gasteiger partial charge >= 0.3 is 51.4 Å². The minimum Gasteiger partial charge on any atom is -0.543 e. The van der Waals surface area contributed by atoms with Crippen molar-refractivity contribution < 1.29 is 65.7 Å². The molecule has 3 aromatic rings. The van der Waals surface area contributed by atoms with E-state index in [-0.39, 0.29) is 62.3 Å². The molecule has 5 nitrogen and oxygen atoms in total. The van der Waals surface area contributed by atoms with Crippen LogP contribution in [0.4, 0.5) is 4.39 Å². The first-order valence-electron chi connectivity index (χ1n) is 6.18. The molecule has 1 aromatic heterocycles. The van der Waals surface area contributed by atoms with Crippen molar-refractivity contribution in [3.63, 3.8) is 0 Å². The fourth-order valence-corrected chi connectivity index (χ4v) is 2.27. The van der Waals surface area contributed by atoms with Crippen LogP contribution in [0, 0.1) is 5.82 Å². The number of hydrogen-bond acceptors (Lipinski definition) is 4. The van der Waals surface area contributed by atoms with Gasteiger partial charge in [0.1, 0.15) is 5.82 Å². The quantitative estimate of drug-likeness (QED) is 0.526. The van der Waals surface area contributed by atoms with E-state index < -0.39 is 22.9 Å². The van der Waals surface area contributed by atoms with Gasteiger partial charge in [0.05, 0.1) is 22.6 Å². The number of carboxylic acids is 1. The van der Waals surface area contributed by atoms with E-state index in [0.717, 1.165) is 6.07 Å². The SMILES string of the molecule is O=C([O-])c1nn(-c2ccc(Cl)cc2)c2cccc(F)c2c1=O.[K+]. The normalized spacial score (nSPS) is 10.3. The molecule has 3 rings (SSSR count). The molecule has 0 N–H and O–H groups in total. The summed E-state index contributed by atoms with van der Waals surface area (Å²) in [6.07, 6.45) is 0. The number of halogens is 2. The summed E-state index contributed by atoms with van der Waals surface area (Å²) in [6, 6.07) is 10.2. The van der Waals surface area contributed by atoms with Crippen molar-refractivity contribution >= 4 is 28.5 Å². The number of rotatable bonds is 2. The van der Waals surface area contributed by atoms with Crippen LogP contribution in [0.25, 0.3) is 16.6 Å². The van der Waals surface area contributed by atoms with E-state index in [1.807, 2.05) is 0 Å². The third kappa shape index (κ3) is 3.40. The number of carboxylic acid groups (broad SMARTS) is 1. The van der Waals surface area contributed by atoms with Gasteiger partial charge in [0.25, 0.3) is 0 Å². The first-order chi connectivity index (χ1) is 10.5. The van der Waals surface area contributed by atoms with Crippen LogP contribution in [0.5, 0.6) is 0 Å². The first-order valence-corrected chi connectivity index (χ1v) is 6.55. The molecule has 0 unspecified atom stereocenters. The number of aromatic carboxylic acids is 1. The van der Waals surface area contributed by atoms with Crippen molar-refractivity contribution in [1.29, 1.82) is 0 Å². The zero-order valence-corrected chi connectivity index (χ0v) is 15.8. The average molecular weight is 357 g/mol. The molecule has 0 aliphatic carbocycles. The van der Waals surface area contributed by atoms with E-state index in [2.05, 4.69) is 5.10 Å². The zero-order valence-electron chi connectivity index (χ0n) is 11.9. The van der Waals surface area contributed by atoms with Crippen LogP contribution in [-0.2, 0) is 0 Å². The molecule has 0 spiro atoms. The summed E-state index contributed by atoms with van der Waals surface area (Å²) in [7, 11) is 0. The van der Waals surface area contributed by atoms with Crippen LogP contribution < -0.4 is 61.9 Å². The molecule has 1 heterocycles. The van der Waals surface area contributed by atoms with Gasteiger partial charge in [-0.15, -0.1) is 0 Å². The van der Waals surface area contributed by atoms with Gasteiger partial charge in [-0.3, -0.25) is 4.79 Å². The molecule has 0 fully saturated rings. The molecular formula is C15H7ClFKN2O3. The second kappa shape index (κ2) is 7.21. The molecule has 0 radical (unpaired) electrons. The van der Waals surface area contributed by atoms with Crippen LogP contribution in [-0.4, -0.2) is 15.7 Å². The minimum absolute atomic E-state index is 0. The number of hydrogen-bond donors (Lipinski definition) is 0. The molecule has 110 valence electrons. The predicted octanol–water partition coefficient (Wildman–Crippen LogP) is -1.45. The topological polar surface area (TPSA) is 75.0 Å². The van der Waals surface area contributed by atoms with Crippen molar-refractivity contribution in [3.05, 3.63) is 69.2 Å². The Morgan fingerprint density at radius 3 is 2.43 bits per heavy atom. The molecule has 0 bridgehead atoms. The van der Waals surface area contributed by atoms with Gasteiger partial charge < -0.3 is 9.90 Å². The summed E-state index contributed by atoms with van der Waals surface area (Å²) in [4.78, 5) is 23.2. The number of nitrogens with zero attached hydrogens (tertiary/aromatic N) is 2. The summed E-state index contributed by atoms with van der Waals surface area (Å²) in [5.41, 5.74) is -1.29. The van der Waals surface area contributed by atoms with Crippen molar-refractivity contribution in [2.45, 2.75) is 0 Å². The fourth-order valence-electron chi connectivity index (χ4n) is 2.14. The molecule has 0 aliphatic rings. The molecule has 0 atom stereocenters. The van der Waals surface area contributed by atoms with Gasteiger partial charge in [-0.1, -0.05) is 17.7 Å². The maximum atomic E-state index is 14.0. The van der Waals surface area contributed by atoms with E-state index in [4.69, 9.17) is 11.6 Å². The molecule has 0 amide bonds. The Kier molecular flexibility index (Phi) is 5.72. The Labute approximate surface area is 177 Å². The third-order valence-corrected chi connectivity index (χ3v) is 3.38. The van der Waals surface area contributed by atoms with Gasteiger partial charge in [-0.25, -0.2) is 9.07 Å². The van der Waals surface area contributed by atoms with Crippen LogP contribution in [0.2, 0.25) is 5.02 Å². The largest absolute Gasteiger partial charge is 1.00 e. The van der Waals surface area contributed by atoms with E-state index in [9.17, 15) is 19.1 Å². The maximum absolute atomic E-state index is 14.0. The van der Waals surface area contributed by atoms with Crippen molar-refractivity contribution in [2.24, 2.45) is 0 Å². The molecule has 0 saturated heterocycles. The van der Waals surface area contributed by atoms with E-state index in [0.29, 0.717) is 10.7 Å². The van der Waals surface area contributed by atoms with E-state index in [1.54, 1.807) is 24.3 Å². The Hall–Kier alpha value is -1.09. The Morgan fingerprint density at radius 1 is 1.17 bits per heavy atom. The molecule has 23 heavy (non-hydrogen) atoms. The fraction of sp³-hybridized carbons (Fsp3) is 0. The summed E-state index contributed by atoms with van der Waals surface area (Å²) in [6.45, 7) is 0. The van der Waals surface area contributed by atoms with Crippen molar-refractivity contribution in [2.75, 3.05) is 0 Å². The predicted molar refractivity (Wildman–Crippen MR) is 76.6 cm³/mol. The Balaban J connectivity index is 0.00000192. The van der Waals surface area contributed by atoms with Gasteiger partial charge in [0.2, 0.25) is 5.43 Å². The monoisotopic (exact) mass is 356 g/mol. The summed E-state index contributed by atoms with van der Waals surface area (Å²) >= 11 is 5.81. The summed E-state index contributed by atoms with van der Waals surface area (Å²) in [5, 5.41) is 15.0. The first kappa shape index (κ1) is 18.2. The van der Waals surface area contributed by atoms with Crippen LogP contribution in [0.3, 0.4) is 0 Å². The second-order valence-electron chi connectivity index (χ2n) is 4.49. The molecule has 2 aromatic carbocycles. The maximum Gasteiger partial charge on any atom is 1.00 e. The third-order valence-electron chi connectivity index (χ3n) is 3.13. The molecular weight excluding hydrogens is 350 g/mol. The zero-order chi connectivity index (χ0) is 15.9. The average Bonchev–Trinajstić information content (AvgIpc) is 2.48. The van der Waals surface area contributed by atoms with Gasteiger partial charge in [0.15, 0.2) is 5.69 Å². The van der Waals surface area contributed by atoms with Crippen LogP contribution in [0.15, 0.2) is 47.3 Å². The van der Waals surface area contributed by atoms with Gasteiger partial charge in [0, 0.05) is 5.02 Å². The van der Waals surface area contributed by atoms with Gasteiger partial charge in [-0.05, 0) is 36.4 Å². The van der Waals surface area contributed by atoms with Gasteiger partial charge in [-0.2, -0.15) is 5.10 Å². The summed E-state index contributed by atoms with van der Waals surface area (Å²) < 4.78 is 15.1. The molecule has 0 aliphatic heterocycles. The Morgan fingerprint density at radius 2 is 1.83 bits per heavy atom. The van der Waals surface area contributed by atoms with E-state index in [1.165, 1.54) is 16.8 Å². The van der Waals surface area contributed by atoms with E-state index >= 15 is 0 Å². The number of benzene rings is 2. The van der Waals surface area contributed by atoms with Crippen LogP contribution >= 0.6 is 11.6 Å². The molecule has 8 heteroatoms. The number of aromatic nitrogens is 2. The Bertz CT molecular complexity index is 957.